The van der Waals surface area contributed by atoms with E-state index in [9.17, 15) is 24.3 Å². The summed E-state index contributed by atoms with van der Waals surface area (Å²) < 4.78 is 11.9. The fraction of sp³-hybridized carbons (Fsp3) is 0.545. The number of carboxylic acid groups (broad SMARTS) is 1. The van der Waals surface area contributed by atoms with Crippen LogP contribution in [0.5, 0.6) is 5.75 Å². The molecular weight excluding hydrogens is 600 g/mol. The summed E-state index contributed by atoms with van der Waals surface area (Å²) in [6.07, 6.45) is 6.50. The van der Waals surface area contributed by atoms with Gasteiger partial charge >= 0.3 is 12.1 Å². The van der Waals surface area contributed by atoms with E-state index in [4.69, 9.17) is 21.1 Å². The van der Waals surface area contributed by atoms with Crippen molar-refractivity contribution in [3.8, 4) is 5.75 Å². The third kappa shape index (κ3) is 7.19. The molecule has 5 rings (SSSR count). The van der Waals surface area contributed by atoms with Crippen molar-refractivity contribution in [3.63, 3.8) is 0 Å². The lowest BCUT2D eigenvalue weighted by atomic mass is 9.83. The normalized spacial score (nSPS) is 25.7. The number of rotatable bonds is 9. The average molecular weight is 641 g/mol. The second-order valence-corrected chi connectivity index (χ2v) is 13.7. The minimum atomic E-state index is -1.47. The highest BCUT2D eigenvalue weighted by Gasteiger charge is 2.61. The number of pyridine rings is 1. The molecule has 11 nitrogen and oxygen atoms in total. The van der Waals surface area contributed by atoms with Gasteiger partial charge in [0.1, 0.15) is 35.1 Å². The number of aromatic nitrogens is 1. The molecule has 242 valence electrons. The van der Waals surface area contributed by atoms with E-state index < -0.39 is 59.1 Å². The molecule has 3 N–H and O–H groups in total. The van der Waals surface area contributed by atoms with Gasteiger partial charge in [-0.15, -0.1) is 6.58 Å². The summed E-state index contributed by atoms with van der Waals surface area (Å²) in [7, 11) is 0. The van der Waals surface area contributed by atoms with Crippen molar-refractivity contribution in [1.82, 2.24) is 20.5 Å². The van der Waals surface area contributed by atoms with Crippen LogP contribution in [0, 0.1) is 11.8 Å². The molecule has 3 amide bonds. The molecule has 0 spiro atoms. The lowest BCUT2D eigenvalue weighted by Crippen LogP contribution is -2.58. The number of carbonyl (C=O) groups is 4. The van der Waals surface area contributed by atoms with Crippen molar-refractivity contribution in [2.45, 2.75) is 95.0 Å². The molecule has 45 heavy (non-hydrogen) atoms. The molecular formula is C33H41ClN4O7. The fourth-order valence-corrected chi connectivity index (χ4v) is 6.70. The quantitative estimate of drug-likeness (QED) is 0.330. The summed E-state index contributed by atoms with van der Waals surface area (Å²) in [6.45, 7) is 8.99. The van der Waals surface area contributed by atoms with Gasteiger partial charge in [-0.3, -0.25) is 14.6 Å². The molecule has 1 saturated heterocycles. The van der Waals surface area contributed by atoms with Crippen LogP contribution in [0.2, 0.25) is 5.02 Å². The molecule has 2 aliphatic carbocycles. The van der Waals surface area contributed by atoms with Crippen molar-refractivity contribution in [3.05, 3.63) is 48.1 Å². The maximum Gasteiger partial charge on any atom is 0.408 e. The number of aliphatic carboxylic acids is 1. The van der Waals surface area contributed by atoms with Crippen LogP contribution in [0.25, 0.3) is 10.9 Å². The maximum absolute atomic E-state index is 14.4. The molecule has 2 aromatic rings. The third-order valence-electron chi connectivity index (χ3n) is 8.89. The topological polar surface area (TPSA) is 147 Å². The molecule has 1 aromatic heterocycles. The molecule has 0 bridgehead atoms. The van der Waals surface area contributed by atoms with Gasteiger partial charge in [0.2, 0.25) is 11.8 Å². The number of likely N-dealkylation sites (tertiary alicyclic amines) is 1. The number of amides is 3. The van der Waals surface area contributed by atoms with Gasteiger partial charge in [-0.1, -0.05) is 36.9 Å². The van der Waals surface area contributed by atoms with Gasteiger partial charge in [0.05, 0.1) is 12.1 Å². The molecule has 0 unspecified atom stereocenters. The Hall–Kier alpha value is -3.86. The molecule has 12 heteroatoms. The smallest absolute Gasteiger partial charge is 0.408 e. The Bertz CT molecular complexity index is 1490. The van der Waals surface area contributed by atoms with Crippen molar-refractivity contribution in [2.24, 2.45) is 11.8 Å². The number of halogens is 1. The van der Waals surface area contributed by atoms with Crippen LogP contribution in [-0.2, 0) is 19.1 Å². The number of hydrogen-bond donors (Lipinski definition) is 3. The number of alkyl carbamates (subject to hydrolysis) is 1. The Kier molecular flexibility index (Phi) is 9.30. The second-order valence-electron chi connectivity index (χ2n) is 13.3. The van der Waals surface area contributed by atoms with E-state index in [1.807, 2.05) is 0 Å². The van der Waals surface area contributed by atoms with E-state index in [2.05, 4.69) is 22.2 Å². The molecule has 2 saturated carbocycles. The lowest BCUT2D eigenvalue weighted by molar-refractivity contribution is -0.146. The Morgan fingerprint density at radius 2 is 1.91 bits per heavy atom. The van der Waals surface area contributed by atoms with Crippen molar-refractivity contribution < 1.29 is 33.8 Å². The average Bonchev–Trinajstić information content (AvgIpc) is 3.55. The highest BCUT2D eigenvalue weighted by molar-refractivity contribution is 6.31. The SMILES string of the molecule is C=C[C@H]1C[C@]1(NC(=O)[C@@H]1C[C@@H](Oc2ccnc3cc(Cl)ccc23)CN1C(=O)[C@@H](NC(=O)OC(C)(C)C)C1CCCCC1)C(=O)O. The standard InChI is InChI=1S/C33H41ClN4O7/c1-5-20-17-33(20,30(41)42)37-28(39)25-16-22(44-26-13-14-35-24-15-21(34)11-12-23(24)26)18-38(25)29(40)27(19-9-7-6-8-10-19)36-31(43)45-32(2,3)4/h5,11-15,19-20,22,25,27H,1,6-10,16-18H2,2-4H3,(H,36,43)(H,37,39)(H,41,42)/t20-,22+,25-,27-,33+/m0/s1. The summed E-state index contributed by atoms with van der Waals surface area (Å²) in [5.41, 5.74) is -1.61. The van der Waals surface area contributed by atoms with Crippen LogP contribution in [0.1, 0.15) is 65.7 Å². The molecule has 2 heterocycles. The molecule has 1 aromatic carbocycles. The number of nitrogens with one attached hydrogen (secondary N) is 2. The minimum Gasteiger partial charge on any atom is -0.488 e. The number of carboxylic acids is 1. The van der Waals surface area contributed by atoms with Crippen LogP contribution in [0.4, 0.5) is 4.79 Å². The van der Waals surface area contributed by atoms with E-state index in [-0.39, 0.29) is 25.3 Å². The number of carbonyl (C=O) groups excluding carboxylic acids is 3. The van der Waals surface area contributed by atoms with Crippen molar-refractivity contribution in [2.75, 3.05) is 6.54 Å². The van der Waals surface area contributed by atoms with E-state index in [0.717, 1.165) is 37.5 Å². The Balaban J connectivity index is 1.44. The monoisotopic (exact) mass is 640 g/mol. The summed E-state index contributed by atoms with van der Waals surface area (Å²) in [6, 6.07) is 5.01. The zero-order chi connectivity index (χ0) is 32.5. The fourth-order valence-electron chi connectivity index (χ4n) is 6.53. The van der Waals surface area contributed by atoms with Gasteiger partial charge in [-0.2, -0.15) is 0 Å². The second kappa shape index (κ2) is 12.9. The van der Waals surface area contributed by atoms with E-state index >= 15 is 0 Å². The Morgan fingerprint density at radius 1 is 1.18 bits per heavy atom. The molecule has 3 fully saturated rings. The van der Waals surface area contributed by atoms with Crippen LogP contribution in [-0.4, -0.2) is 74.7 Å². The highest BCUT2D eigenvalue weighted by atomic mass is 35.5. The summed E-state index contributed by atoms with van der Waals surface area (Å²) in [5, 5.41) is 16.7. The predicted molar refractivity (Wildman–Crippen MR) is 168 cm³/mol. The number of hydrogen-bond acceptors (Lipinski definition) is 7. The van der Waals surface area contributed by atoms with Crippen LogP contribution >= 0.6 is 11.6 Å². The molecule has 3 aliphatic rings. The first-order valence-corrected chi connectivity index (χ1v) is 15.9. The number of fused-ring (bicyclic) bond motifs is 1. The lowest BCUT2D eigenvalue weighted by Gasteiger charge is -2.35. The first-order chi connectivity index (χ1) is 21.3. The largest absolute Gasteiger partial charge is 0.488 e. The first-order valence-electron chi connectivity index (χ1n) is 15.5. The third-order valence-corrected chi connectivity index (χ3v) is 9.13. The van der Waals surface area contributed by atoms with Gasteiger partial charge in [0, 0.05) is 28.9 Å². The van der Waals surface area contributed by atoms with Crippen molar-refractivity contribution in [1.29, 1.82) is 0 Å². The van der Waals surface area contributed by atoms with Gasteiger partial charge in [0.15, 0.2) is 0 Å². The van der Waals surface area contributed by atoms with Gasteiger partial charge in [0.25, 0.3) is 0 Å². The minimum absolute atomic E-state index is 0.0541. The zero-order valence-electron chi connectivity index (χ0n) is 25.9. The van der Waals surface area contributed by atoms with Crippen LogP contribution in [0.3, 0.4) is 0 Å². The number of nitrogens with zero attached hydrogens (tertiary/aromatic N) is 2. The van der Waals surface area contributed by atoms with E-state index in [1.54, 1.807) is 51.2 Å². The number of benzene rings is 1. The van der Waals surface area contributed by atoms with E-state index in [0.29, 0.717) is 16.3 Å². The molecule has 0 radical (unpaired) electrons. The first kappa shape index (κ1) is 32.5. The molecule has 5 atom stereocenters. The summed E-state index contributed by atoms with van der Waals surface area (Å²) in [4.78, 5) is 59.2. The van der Waals surface area contributed by atoms with Crippen molar-refractivity contribution >= 4 is 46.4 Å². The summed E-state index contributed by atoms with van der Waals surface area (Å²) in [5.74, 6) is -2.22. The van der Waals surface area contributed by atoms with Gasteiger partial charge < -0.3 is 30.1 Å². The number of ether oxygens (including phenoxy) is 2. The Morgan fingerprint density at radius 3 is 2.56 bits per heavy atom. The van der Waals surface area contributed by atoms with E-state index in [1.165, 1.54) is 11.0 Å². The maximum atomic E-state index is 14.4. The predicted octanol–water partition coefficient (Wildman–Crippen LogP) is 4.86. The van der Waals surface area contributed by atoms with Gasteiger partial charge in [-0.05, 0) is 70.2 Å². The Labute approximate surface area is 267 Å². The molecule has 1 aliphatic heterocycles. The zero-order valence-corrected chi connectivity index (χ0v) is 26.6. The highest BCUT2D eigenvalue weighted by Crippen LogP contribution is 2.45. The van der Waals surface area contributed by atoms with Crippen LogP contribution in [0.15, 0.2) is 43.1 Å². The van der Waals surface area contributed by atoms with Crippen LogP contribution < -0.4 is 15.4 Å². The summed E-state index contributed by atoms with van der Waals surface area (Å²) >= 11 is 6.16. The van der Waals surface area contributed by atoms with Gasteiger partial charge in [-0.25, -0.2) is 9.59 Å².